The summed E-state index contributed by atoms with van der Waals surface area (Å²) in [6.07, 6.45) is 6.38. The van der Waals surface area contributed by atoms with Gasteiger partial charge >= 0.3 is 0 Å². The van der Waals surface area contributed by atoms with Gasteiger partial charge in [-0.1, -0.05) is 24.6 Å². The Hall–Kier alpha value is -2.71. The lowest BCUT2D eigenvalue weighted by Crippen LogP contribution is -2.28. The Morgan fingerprint density at radius 1 is 1.23 bits per heavy atom. The van der Waals surface area contributed by atoms with Crippen LogP contribution >= 0.6 is 0 Å². The van der Waals surface area contributed by atoms with E-state index in [-0.39, 0.29) is 10.8 Å². The summed E-state index contributed by atoms with van der Waals surface area (Å²) < 4.78 is 30.7. The Labute approximate surface area is 174 Å². The third-order valence-corrected chi connectivity index (χ3v) is 7.52. The lowest BCUT2D eigenvalue weighted by molar-refractivity contribution is 0.0850. The van der Waals surface area contributed by atoms with Gasteiger partial charge in [-0.3, -0.25) is 4.79 Å². The van der Waals surface area contributed by atoms with E-state index in [0.717, 1.165) is 5.56 Å². The molecule has 0 spiro atoms. The third-order valence-electron chi connectivity index (χ3n) is 6.55. The van der Waals surface area contributed by atoms with Crippen LogP contribution in [0.4, 0.5) is 0 Å². The number of primary sulfonamides is 1. The predicted molar refractivity (Wildman–Crippen MR) is 112 cm³/mol. The molecule has 0 saturated heterocycles. The number of benzene rings is 2. The van der Waals surface area contributed by atoms with Crippen molar-refractivity contribution in [2.75, 3.05) is 7.11 Å². The zero-order chi connectivity index (χ0) is 21.1. The van der Waals surface area contributed by atoms with E-state index in [9.17, 15) is 13.2 Å². The molecular weight excluding hydrogens is 402 g/mol. The van der Waals surface area contributed by atoms with E-state index in [1.54, 1.807) is 19.2 Å². The molecule has 0 aliphatic heterocycles. The van der Waals surface area contributed by atoms with Gasteiger partial charge in [0.05, 0.1) is 29.1 Å². The monoisotopic (exact) mass is 425 g/mol. The van der Waals surface area contributed by atoms with Crippen molar-refractivity contribution in [2.24, 2.45) is 5.14 Å². The second-order valence-corrected chi connectivity index (χ2v) is 9.79. The fourth-order valence-electron chi connectivity index (χ4n) is 4.46. The van der Waals surface area contributed by atoms with Crippen LogP contribution in [0, 0.1) is 0 Å². The number of fused-ring (bicyclic) bond motifs is 1. The smallest absolute Gasteiger partial charge is 0.258 e. The first-order valence-corrected chi connectivity index (χ1v) is 11.6. The summed E-state index contributed by atoms with van der Waals surface area (Å²) in [4.78, 5) is 13.6. The van der Waals surface area contributed by atoms with Crippen LogP contribution in [0.2, 0.25) is 0 Å². The minimum Gasteiger partial charge on any atom is -0.496 e. The largest absolute Gasteiger partial charge is 0.496 e. The molecule has 156 valence electrons. The topological polar surface area (TPSA) is 104 Å². The molecule has 0 unspecified atom stereocenters. The number of ether oxygens (including phenoxy) is 1. The Bertz CT molecular complexity index is 1270. The molecule has 2 aliphatic rings. The summed E-state index contributed by atoms with van der Waals surface area (Å²) in [5.74, 6) is 1.07. The van der Waals surface area contributed by atoms with Crippen LogP contribution < -0.4 is 9.88 Å². The first kappa shape index (κ1) is 19.3. The number of nitrogens with zero attached hydrogens (tertiary/aromatic N) is 2. The van der Waals surface area contributed by atoms with E-state index in [0.29, 0.717) is 35.4 Å². The highest BCUT2D eigenvalue weighted by molar-refractivity contribution is 7.89. The second-order valence-electron chi connectivity index (χ2n) is 8.27. The zero-order valence-corrected chi connectivity index (χ0v) is 17.5. The van der Waals surface area contributed by atoms with Gasteiger partial charge in [0.1, 0.15) is 5.75 Å². The lowest BCUT2D eigenvalue weighted by atomic mass is 9.78. The van der Waals surface area contributed by atoms with Crippen LogP contribution in [0.3, 0.4) is 0 Å². The van der Waals surface area contributed by atoms with E-state index in [1.807, 2.05) is 6.07 Å². The van der Waals surface area contributed by atoms with Crippen molar-refractivity contribution in [3.8, 4) is 5.75 Å². The van der Waals surface area contributed by atoms with Crippen LogP contribution in [0.5, 0.6) is 5.75 Å². The summed E-state index contributed by atoms with van der Waals surface area (Å²) >= 11 is 0. The maximum Gasteiger partial charge on any atom is 0.258 e. The molecule has 2 aliphatic carbocycles. The van der Waals surface area contributed by atoms with Gasteiger partial charge < -0.3 is 4.74 Å². The van der Waals surface area contributed by atoms with Crippen molar-refractivity contribution < 1.29 is 17.9 Å². The van der Waals surface area contributed by atoms with Crippen LogP contribution in [0.25, 0.3) is 10.9 Å². The van der Waals surface area contributed by atoms with Crippen LogP contribution in [0.1, 0.15) is 53.9 Å². The van der Waals surface area contributed by atoms with Crippen LogP contribution in [-0.2, 0) is 15.4 Å². The molecule has 0 amide bonds. The zero-order valence-electron chi connectivity index (χ0n) is 16.7. The Balaban J connectivity index is 1.61. The standard InChI is InChI=1S/C22H23N3O4S/c1-29-19-9-8-15(14-4-2-5-14)12-17(19)22(10-11-22)21(26)25-18-6-3-7-20(30(23,27)28)16(18)13-24-25/h3,6-9,12-14H,2,4-5,10-11H2,1H3,(H2,23,27,28). The van der Waals surface area contributed by atoms with Gasteiger partial charge in [0.2, 0.25) is 10.0 Å². The average Bonchev–Trinajstić information content (AvgIpc) is 3.38. The number of aromatic nitrogens is 2. The van der Waals surface area contributed by atoms with Gasteiger partial charge in [-0.05, 0) is 55.4 Å². The van der Waals surface area contributed by atoms with E-state index < -0.39 is 15.4 Å². The quantitative estimate of drug-likeness (QED) is 0.675. The molecule has 2 saturated carbocycles. The molecule has 0 bridgehead atoms. The summed E-state index contributed by atoms with van der Waals surface area (Å²) in [7, 11) is -2.31. The molecule has 1 heterocycles. The maximum atomic E-state index is 13.7. The van der Waals surface area contributed by atoms with Crippen molar-refractivity contribution in [1.82, 2.24) is 9.78 Å². The second kappa shape index (κ2) is 6.65. The Morgan fingerprint density at radius 2 is 2.00 bits per heavy atom. The van der Waals surface area contributed by atoms with E-state index >= 15 is 0 Å². The summed E-state index contributed by atoms with van der Waals surface area (Å²) in [5.41, 5.74) is 1.87. The van der Waals surface area contributed by atoms with Crippen molar-refractivity contribution in [3.63, 3.8) is 0 Å². The summed E-state index contributed by atoms with van der Waals surface area (Å²) in [6.45, 7) is 0. The predicted octanol–water partition coefficient (Wildman–Crippen LogP) is 3.33. The highest BCUT2D eigenvalue weighted by atomic mass is 32.2. The molecule has 2 aromatic carbocycles. The highest BCUT2D eigenvalue weighted by Crippen LogP contribution is 2.53. The van der Waals surface area contributed by atoms with Gasteiger partial charge in [0.15, 0.2) is 0 Å². The number of sulfonamides is 1. The molecule has 2 fully saturated rings. The highest BCUT2D eigenvalue weighted by Gasteiger charge is 2.54. The fourth-order valence-corrected chi connectivity index (χ4v) is 5.19. The number of methoxy groups -OCH3 is 1. The van der Waals surface area contributed by atoms with Crippen molar-refractivity contribution in [3.05, 3.63) is 53.7 Å². The van der Waals surface area contributed by atoms with Gasteiger partial charge in [0, 0.05) is 10.9 Å². The number of nitrogens with two attached hydrogens (primary N) is 1. The van der Waals surface area contributed by atoms with Crippen molar-refractivity contribution in [1.29, 1.82) is 0 Å². The number of hydrogen-bond donors (Lipinski definition) is 1. The first-order chi connectivity index (χ1) is 14.3. The fraction of sp³-hybridized carbons (Fsp3) is 0.364. The third kappa shape index (κ3) is 2.86. The minimum atomic E-state index is -3.92. The number of rotatable bonds is 5. The molecule has 8 heteroatoms. The van der Waals surface area contributed by atoms with Crippen LogP contribution in [-0.4, -0.2) is 31.2 Å². The molecule has 0 radical (unpaired) electrons. The number of carbonyl (C=O) groups is 1. The van der Waals surface area contributed by atoms with E-state index in [4.69, 9.17) is 9.88 Å². The SMILES string of the molecule is COc1ccc(C2CCC2)cc1C1(C(=O)n2ncc3c(S(N)(=O)=O)cccc32)CC1. The normalized spacial score (nSPS) is 18.2. The summed E-state index contributed by atoms with van der Waals surface area (Å²) in [5, 5.41) is 9.93. The summed E-state index contributed by atoms with van der Waals surface area (Å²) in [6, 6.07) is 10.9. The van der Waals surface area contributed by atoms with Gasteiger partial charge in [0.25, 0.3) is 5.91 Å². The first-order valence-electron chi connectivity index (χ1n) is 10.1. The lowest BCUT2D eigenvalue weighted by Gasteiger charge is -2.27. The molecule has 1 aromatic heterocycles. The molecular formula is C22H23N3O4S. The Morgan fingerprint density at radius 3 is 2.60 bits per heavy atom. The Kier molecular flexibility index (Phi) is 4.27. The van der Waals surface area contributed by atoms with Gasteiger partial charge in [-0.2, -0.15) is 9.78 Å². The van der Waals surface area contributed by atoms with Crippen molar-refractivity contribution >= 4 is 26.8 Å². The van der Waals surface area contributed by atoms with Crippen molar-refractivity contribution in [2.45, 2.75) is 48.3 Å². The van der Waals surface area contributed by atoms with Gasteiger partial charge in [-0.15, -0.1) is 0 Å². The van der Waals surface area contributed by atoms with E-state index in [2.05, 4.69) is 17.2 Å². The molecule has 5 rings (SSSR count). The average molecular weight is 426 g/mol. The molecule has 30 heavy (non-hydrogen) atoms. The molecule has 2 N–H and O–H groups in total. The molecule has 3 aromatic rings. The molecule has 0 atom stereocenters. The number of hydrogen-bond acceptors (Lipinski definition) is 5. The molecule has 7 nitrogen and oxygen atoms in total. The van der Waals surface area contributed by atoms with Crippen LogP contribution in [0.15, 0.2) is 47.5 Å². The minimum absolute atomic E-state index is 0.0338. The number of carbonyl (C=O) groups excluding carboxylic acids is 1. The maximum absolute atomic E-state index is 13.7. The van der Waals surface area contributed by atoms with E-state index in [1.165, 1.54) is 41.8 Å². The van der Waals surface area contributed by atoms with Gasteiger partial charge in [-0.25, -0.2) is 13.6 Å².